The van der Waals surface area contributed by atoms with Crippen molar-refractivity contribution in [1.29, 1.82) is 0 Å². The first-order valence-electron chi connectivity index (χ1n) is 15.6. The highest BCUT2D eigenvalue weighted by Gasteiger charge is 2.52. The van der Waals surface area contributed by atoms with Crippen LogP contribution in [0.2, 0.25) is 0 Å². The smallest absolute Gasteiger partial charge is 0.413 e. The Bertz CT molecular complexity index is 2410. The quantitative estimate of drug-likeness (QED) is 0.0599. The van der Waals surface area contributed by atoms with E-state index >= 15 is 35.1 Å². The summed E-state index contributed by atoms with van der Waals surface area (Å²) < 4.78 is 376. The Kier molecular flexibility index (Phi) is 13.2. The molecule has 0 unspecified atom stereocenters. The standard InChI is InChI=1S/C24BF20.C10H4F6IO2/c26-5-1(6(27)14(35)21(42)13(5)34)25(2-7(28)15(36)22(43)16(37)8(2)29,3-9(30)17(38)23(44)18(39)10(3)31)4-11(32)19(40)24(45)20(41)12(4)33;11-9(12,13)5-1-3-7(18-5)17-8-4-2-6(19-8)10(14,15)16/h;1-4H/q-1;+1. The second-order valence-electron chi connectivity index (χ2n) is 12.1. The van der Waals surface area contributed by atoms with Crippen LogP contribution in [-0.4, -0.2) is 6.15 Å². The summed E-state index contributed by atoms with van der Waals surface area (Å²) >= 11 is -1.36. The Morgan fingerprint density at radius 2 is 0.453 bits per heavy atom. The van der Waals surface area contributed by atoms with Gasteiger partial charge >= 0.3 is 41.1 Å². The molecule has 0 spiro atoms. The summed E-state index contributed by atoms with van der Waals surface area (Å²) in [5, 5.41) is 0. The van der Waals surface area contributed by atoms with Gasteiger partial charge in [0.15, 0.2) is 69.8 Å². The molecular weight excluding hydrogens is 1070 g/mol. The summed E-state index contributed by atoms with van der Waals surface area (Å²) in [6.45, 7) is 0. The van der Waals surface area contributed by atoms with Crippen LogP contribution >= 0.6 is 0 Å². The molecule has 2 heterocycles. The van der Waals surface area contributed by atoms with Gasteiger partial charge in [0.2, 0.25) is 11.5 Å². The Labute approximate surface area is 343 Å². The zero-order valence-corrected chi connectivity index (χ0v) is 31.1. The Morgan fingerprint density at radius 3 is 0.609 bits per heavy atom. The third kappa shape index (κ3) is 7.86. The van der Waals surface area contributed by atoms with Gasteiger partial charge in [-0.2, -0.15) is 26.3 Å². The molecule has 0 aliphatic carbocycles. The highest BCUT2D eigenvalue weighted by atomic mass is 127. The summed E-state index contributed by atoms with van der Waals surface area (Å²) in [6, 6.07) is 3.66. The van der Waals surface area contributed by atoms with Crippen LogP contribution in [0.25, 0.3) is 0 Å². The SMILES string of the molecule is FC(F)(F)c1ccc([I+]c2ccc(C(F)(F)F)o2)o1.Fc1c(F)c(F)c([B-](c2c(F)c(F)c(F)c(F)c2F)(c2c(F)c(F)c(F)c(F)c2F)c2c(F)c(F)c(F)c(F)c2F)c(F)c1F. The highest BCUT2D eigenvalue weighted by molar-refractivity contribution is 7.20. The lowest BCUT2D eigenvalue weighted by molar-refractivity contribution is -0.637. The van der Waals surface area contributed by atoms with E-state index in [0.29, 0.717) is 0 Å². The van der Waals surface area contributed by atoms with Crippen molar-refractivity contribution in [3.05, 3.63) is 160 Å². The van der Waals surface area contributed by atoms with Crippen LogP contribution in [0, 0.1) is 124 Å². The maximum absolute atomic E-state index is 15.4. The maximum atomic E-state index is 15.4. The zero-order valence-electron chi connectivity index (χ0n) is 28.9. The molecule has 64 heavy (non-hydrogen) atoms. The fraction of sp³-hybridized carbons (Fsp3) is 0.0588. The molecule has 6 rings (SSSR count). The zero-order chi connectivity index (χ0) is 48.6. The van der Waals surface area contributed by atoms with Crippen LogP contribution in [0.3, 0.4) is 0 Å². The highest BCUT2D eigenvalue weighted by Crippen LogP contribution is 2.32. The van der Waals surface area contributed by atoms with Gasteiger partial charge in [-0.05, 0) is 12.1 Å². The summed E-state index contributed by atoms with van der Waals surface area (Å²) in [6.07, 6.45) is -16.4. The fourth-order valence-corrected chi connectivity index (χ4v) is 7.94. The number of rotatable bonds is 6. The summed E-state index contributed by atoms with van der Waals surface area (Å²) in [7, 11) is 0. The van der Waals surface area contributed by atoms with Crippen LogP contribution in [0.1, 0.15) is 11.5 Å². The van der Waals surface area contributed by atoms with Gasteiger partial charge in [0.1, 0.15) is 52.7 Å². The third-order valence-corrected chi connectivity index (χ3v) is 10.8. The van der Waals surface area contributed by atoms with E-state index in [0.717, 1.165) is 24.3 Å². The van der Waals surface area contributed by atoms with E-state index < -0.39 is 189 Å². The molecule has 0 aliphatic rings. The Morgan fingerprint density at radius 1 is 0.281 bits per heavy atom. The molecule has 0 fully saturated rings. The number of halogens is 27. The lowest BCUT2D eigenvalue weighted by atomic mass is 9.12. The average Bonchev–Trinajstić information content (AvgIpc) is 3.92. The second-order valence-corrected chi connectivity index (χ2v) is 14.8. The van der Waals surface area contributed by atoms with Crippen molar-refractivity contribution in [1.82, 2.24) is 0 Å². The largest absolute Gasteiger partial charge is 0.449 e. The molecule has 2 aromatic heterocycles. The third-order valence-electron chi connectivity index (χ3n) is 8.60. The number of hydrogen-bond donors (Lipinski definition) is 0. The lowest BCUT2D eigenvalue weighted by Crippen LogP contribution is -3.61. The van der Waals surface area contributed by atoms with Gasteiger partial charge in [-0.3, -0.25) is 0 Å². The molecule has 2 nitrogen and oxygen atoms in total. The summed E-state index contributed by atoms with van der Waals surface area (Å²) in [5.74, 6) is -73.8. The predicted octanol–water partition coefficient (Wildman–Crippen LogP) is 6.88. The van der Waals surface area contributed by atoms with E-state index in [9.17, 15) is 79.0 Å². The molecule has 6 aromatic rings. The van der Waals surface area contributed by atoms with Crippen LogP contribution in [0.4, 0.5) is 114 Å². The van der Waals surface area contributed by atoms with Crippen molar-refractivity contribution in [2.75, 3.05) is 0 Å². The van der Waals surface area contributed by atoms with E-state index in [2.05, 4.69) is 8.83 Å². The molecule has 4 aromatic carbocycles. The van der Waals surface area contributed by atoms with Crippen LogP contribution < -0.4 is 43.1 Å². The molecule has 0 saturated heterocycles. The van der Waals surface area contributed by atoms with Gasteiger partial charge in [-0.25, -0.2) is 87.8 Å². The fourth-order valence-electron chi connectivity index (χ4n) is 6.00. The van der Waals surface area contributed by atoms with Crippen molar-refractivity contribution < 1.29 is 144 Å². The van der Waals surface area contributed by atoms with Crippen LogP contribution in [-0.2, 0) is 12.4 Å². The van der Waals surface area contributed by atoms with Crippen molar-refractivity contribution in [3.63, 3.8) is 0 Å². The van der Waals surface area contributed by atoms with E-state index in [1.54, 1.807) is 0 Å². The molecule has 0 N–H and O–H groups in total. The first kappa shape index (κ1) is 49.4. The number of benzene rings is 4. The van der Waals surface area contributed by atoms with Crippen molar-refractivity contribution in [2.45, 2.75) is 12.4 Å². The van der Waals surface area contributed by atoms with Crippen molar-refractivity contribution in [3.8, 4) is 0 Å². The summed E-state index contributed by atoms with van der Waals surface area (Å²) in [4.78, 5) is 0. The summed E-state index contributed by atoms with van der Waals surface area (Å²) in [5.41, 5.74) is -14.3. The molecule has 0 saturated carbocycles. The Balaban J connectivity index is 0.000000337. The molecule has 0 aliphatic heterocycles. The van der Waals surface area contributed by atoms with Gasteiger partial charge in [-0.1, -0.05) is 0 Å². The molecule has 30 heteroatoms. The molecule has 0 bridgehead atoms. The van der Waals surface area contributed by atoms with Crippen LogP contribution in [0.15, 0.2) is 33.1 Å². The van der Waals surface area contributed by atoms with E-state index in [1.807, 2.05) is 0 Å². The van der Waals surface area contributed by atoms with Gasteiger partial charge in [-0.15, -0.1) is 21.9 Å². The predicted molar refractivity (Wildman–Crippen MR) is 154 cm³/mol. The second kappa shape index (κ2) is 17.1. The van der Waals surface area contributed by atoms with E-state index in [1.165, 1.54) is 0 Å². The van der Waals surface area contributed by atoms with Crippen molar-refractivity contribution in [2.24, 2.45) is 0 Å². The minimum atomic E-state index is -7.22. The van der Waals surface area contributed by atoms with Crippen LogP contribution in [0.5, 0.6) is 0 Å². The topological polar surface area (TPSA) is 26.3 Å². The van der Waals surface area contributed by atoms with E-state index in [4.69, 9.17) is 0 Å². The number of furan rings is 2. The minimum Gasteiger partial charge on any atom is -0.413 e. The lowest BCUT2D eigenvalue weighted by Gasteiger charge is -2.44. The molecule has 0 radical (unpaired) electrons. The first-order chi connectivity index (χ1) is 29.4. The van der Waals surface area contributed by atoms with Gasteiger partial charge in [0.05, 0.1) is 0 Å². The normalized spacial score (nSPS) is 12.3. The molecule has 0 atom stereocenters. The van der Waals surface area contributed by atoms with Crippen molar-refractivity contribution >= 4 is 28.0 Å². The van der Waals surface area contributed by atoms with Gasteiger partial charge in [0.25, 0.3) is 0 Å². The number of hydrogen-bond acceptors (Lipinski definition) is 2. The average molecular weight is 1080 g/mol. The maximum Gasteiger partial charge on any atom is 0.449 e. The molecular formula is C34H4BF26IO2. The molecule has 0 amide bonds. The Hall–Kier alpha value is -5.59. The molecule has 344 valence electrons. The minimum absolute atomic E-state index is 0.0193. The number of alkyl halides is 6. The first-order valence-corrected chi connectivity index (χ1v) is 17.7. The van der Waals surface area contributed by atoms with Gasteiger partial charge in [0, 0.05) is 12.1 Å². The van der Waals surface area contributed by atoms with Gasteiger partial charge < -0.3 is 8.83 Å². The monoisotopic (exact) mass is 1080 g/mol. The van der Waals surface area contributed by atoms with E-state index in [-0.39, 0.29) is 7.53 Å².